The highest BCUT2D eigenvalue weighted by molar-refractivity contribution is 6.32. The monoisotopic (exact) mass is 198 g/mol. The van der Waals surface area contributed by atoms with Crippen molar-refractivity contribution in [3.05, 3.63) is 28.8 Å². The van der Waals surface area contributed by atoms with Gasteiger partial charge in [-0.1, -0.05) is 30.7 Å². The molecule has 0 bridgehead atoms. The number of aryl methyl sites for hydroxylation is 1. The summed E-state index contributed by atoms with van der Waals surface area (Å²) in [6, 6.07) is 5.36. The molecule has 3 heteroatoms. The van der Waals surface area contributed by atoms with Gasteiger partial charge in [0.05, 0.1) is 5.02 Å². The van der Waals surface area contributed by atoms with Gasteiger partial charge in [-0.15, -0.1) is 0 Å². The average molecular weight is 199 g/mol. The van der Waals surface area contributed by atoms with Crippen molar-refractivity contribution in [3.8, 4) is 5.75 Å². The van der Waals surface area contributed by atoms with E-state index >= 15 is 0 Å². The predicted octanol–water partition coefficient (Wildman–Crippen LogP) is 2.96. The van der Waals surface area contributed by atoms with Gasteiger partial charge in [-0.2, -0.15) is 0 Å². The van der Waals surface area contributed by atoms with E-state index in [0.717, 1.165) is 5.56 Å². The molecule has 0 radical (unpaired) electrons. The molecule has 0 N–H and O–H groups in total. The Morgan fingerprint density at radius 3 is 2.85 bits per heavy atom. The van der Waals surface area contributed by atoms with Crippen LogP contribution in [0.4, 0.5) is 0 Å². The summed E-state index contributed by atoms with van der Waals surface area (Å²) < 4.78 is 5.00. The molecule has 0 aliphatic carbocycles. The molecule has 0 unspecified atom stereocenters. The van der Waals surface area contributed by atoms with Gasteiger partial charge in [0.2, 0.25) is 0 Å². The minimum absolute atomic E-state index is 0.271. The van der Waals surface area contributed by atoms with Gasteiger partial charge in [-0.05, 0) is 18.6 Å². The van der Waals surface area contributed by atoms with Crippen LogP contribution in [-0.2, 0) is 4.79 Å². The molecule has 13 heavy (non-hydrogen) atoms. The van der Waals surface area contributed by atoms with Crippen LogP contribution in [0.2, 0.25) is 5.02 Å². The van der Waals surface area contributed by atoms with Crippen LogP contribution in [0, 0.1) is 6.92 Å². The van der Waals surface area contributed by atoms with Crippen LogP contribution in [-0.4, -0.2) is 5.97 Å². The number of esters is 1. The third-order valence-corrected chi connectivity index (χ3v) is 2.15. The summed E-state index contributed by atoms with van der Waals surface area (Å²) in [5.41, 5.74) is 0.906. The SMILES string of the molecule is CCC(=O)Oc1cccc(C)c1Cl. The zero-order valence-corrected chi connectivity index (χ0v) is 8.39. The van der Waals surface area contributed by atoms with Gasteiger partial charge < -0.3 is 4.74 Å². The second-order valence-electron chi connectivity index (χ2n) is 2.71. The first-order valence-corrected chi connectivity index (χ1v) is 4.48. The molecule has 0 spiro atoms. The Morgan fingerprint density at radius 1 is 1.54 bits per heavy atom. The molecular weight excluding hydrogens is 188 g/mol. The molecule has 1 aromatic rings. The van der Waals surface area contributed by atoms with Crippen molar-refractivity contribution in [2.45, 2.75) is 20.3 Å². The summed E-state index contributed by atoms with van der Waals surface area (Å²) in [5.74, 6) is 0.168. The van der Waals surface area contributed by atoms with Gasteiger partial charge in [0.15, 0.2) is 0 Å². The summed E-state index contributed by atoms with van der Waals surface area (Å²) >= 11 is 5.92. The van der Waals surface area contributed by atoms with E-state index < -0.39 is 0 Å². The van der Waals surface area contributed by atoms with Gasteiger partial charge in [-0.25, -0.2) is 0 Å². The van der Waals surface area contributed by atoms with E-state index in [4.69, 9.17) is 16.3 Å². The summed E-state index contributed by atoms with van der Waals surface area (Å²) in [6.07, 6.45) is 0.351. The number of carbonyl (C=O) groups is 1. The minimum atomic E-state index is -0.271. The lowest BCUT2D eigenvalue weighted by molar-refractivity contribution is -0.134. The Hall–Kier alpha value is -1.02. The fraction of sp³-hybridized carbons (Fsp3) is 0.300. The van der Waals surface area contributed by atoms with Gasteiger partial charge in [-0.3, -0.25) is 4.79 Å². The Bertz CT molecular complexity index is 321. The van der Waals surface area contributed by atoms with Crippen molar-refractivity contribution >= 4 is 17.6 Å². The van der Waals surface area contributed by atoms with Gasteiger partial charge in [0.25, 0.3) is 0 Å². The van der Waals surface area contributed by atoms with Crippen LogP contribution in [0.5, 0.6) is 5.75 Å². The molecule has 0 aliphatic rings. The minimum Gasteiger partial charge on any atom is -0.425 e. The number of carbonyl (C=O) groups excluding carboxylic acids is 1. The van der Waals surface area contributed by atoms with Crippen molar-refractivity contribution in [2.75, 3.05) is 0 Å². The van der Waals surface area contributed by atoms with E-state index in [0.29, 0.717) is 17.2 Å². The molecule has 0 fully saturated rings. The van der Waals surface area contributed by atoms with Crippen molar-refractivity contribution < 1.29 is 9.53 Å². The molecule has 1 aromatic carbocycles. The number of hydrogen-bond acceptors (Lipinski definition) is 2. The van der Waals surface area contributed by atoms with Gasteiger partial charge >= 0.3 is 5.97 Å². The molecule has 0 heterocycles. The lowest BCUT2D eigenvalue weighted by atomic mass is 10.2. The lowest BCUT2D eigenvalue weighted by Crippen LogP contribution is -2.05. The lowest BCUT2D eigenvalue weighted by Gasteiger charge is -2.06. The van der Waals surface area contributed by atoms with Gasteiger partial charge in [0.1, 0.15) is 5.75 Å². The van der Waals surface area contributed by atoms with Crippen LogP contribution in [0.15, 0.2) is 18.2 Å². The standard InChI is InChI=1S/C10H11ClO2/c1-3-9(12)13-8-6-4-5-7(2)10(8)11/h4-6H,3H2,1-2H3. The summed E-state index contributed by atoms with van der Waals surface area (Å²) in [6.45, 7) is 3.61. The molecule has 1 rings (SSSR count). The van der Waals surface area contributed by atoms with Crippen molar-refractivity contribution in [2.24, 2.45) is 0 Å². The molecule has 0 saturated carbocycles. The maximum Gasteiger partial charge on any atom is 0.310 e. The van der Waals surface area contributed by atoms with Crippen LogP contribution in [0.25, 0.3) is 0 Å². The van der Waals surface area contributed by atoms with E-state index in [9.17, 15) is 4.79 Å². The molecular formula is C10H11ClO2. The van der Waals surface area contributed by atoms with Gasteiger partial charge in [0, 0.05) is 6.42 Å². The molecule has 0 amide bonds. The van der Waals surface area contributed by atoms with E-state index in [1.54, 1.807) is 19.1 Å². The zero-order chi connectivity index (χ0) is 9.84. The molecule has 0 atom stereocenters. The number of rotatable bonds is 2. The first kappa shape index (κ1) is 10.1. The largest absolute Gasteiger partial charge is 0.425 e. The first-order valence-electron chi connectivity index (χ1n) is 4.11. The maximum absolute atomic E-state index is 11.0. The third-order valence-electron chi connectivity index (χ3n) is 1.67. The second kappa shape index (κ2) is 4.28. The third kappa shape index (κ3) is 2.46. The summed E-state index contributed by atoms with van der Waals surface area (Å²) in [4.78, 5) is 11.0. The van der Waals surface area contributed by atoms with E-state index in [1.807, 2.05) is 13.0 Å². The average Bonchev–Trinajstić information content (AvgIpc) is 2.13. The number of benzene rings is 1. The highest BCUT2D eigenvalue weighted by Crippen LogP contribution is 2.27. The Morgan fingerprint density at radius 2 is 2.23 bits per heavy atom. The highest BCUT2D eigenvalue weighted by atomic mass is 35.5. The summed E-state index contributed by atoms with van der Waals surface area (Å²) in [7, 11) is 0. The number of ether oxygens (including phenoxy) is 1. The van der Waals surface area contributed by atoms with Crippen LogP contribution >= 0.6 is 11.6 Å². The molecule has 70 valence electrons. The van der Waals surface area contributed by atoms with Crippen molar-refractivity contribution in [1.82, 2.24) is 0 Å². The molecule has 2 nitrogen and oxygen atoms in total. The van der Waals surface area contributed by atoms with Crippen LogP contribution < -0.4 is 4.74 Å². The molecule has 0 aromatic heterocycles. The summed E-state index contributed by atoms with van der Waals surface area (Å²) in [5, 5.41) is 0.504. The Labute approximate surface area is 82.5 Å². The highest BCUT2D eigenvalue weighted by Gasteiger charge is 2.07. The fourth-order valence-electron chi connectivity index (χ4n) is 0.894. The van der Waals surface area contributed by atoms with Crippen LogP contribution in [0.3, 0.4) is 0 Å². The predicted molar refractivity (Wildman–Crippen MR) is 52.1 cm³/mol. The number of hydrogen-bond donors (Lipinski definition) is 0. The van der Waals surface area contributed by atoms with Crippen molar-refractivity contribution in [3.63, 3.8) is 0 Å². The van der Waals surface area contributed by atoms with E-state index in [1.165, 1.54) is 0 Å². The van der Waals surface area contributed by atoms with E-state index in [-0.39, 0.29) is 5.97 Å². The topological polar surface area (TPSA) is 26.3 Å². The second-order valence-corrected chi connectivity index (χ2v) is 3.09. The maximum atomic E-state index is 11.0. The fourth-order valence-corrected chi connectivity index (χ4v) is 1.06. The Kier molecular flexibility index (Phi) is 3.32. The van der Waals surface area contributed by atoms with Crippen LogP contribution in [0.1, 0.15) is 18.9 Å². The first-order chi connectivity index (χ1) is 6.15. The molecule has 0 saturated heterocycles. The quantitative estimate of drug-likeness (QED) is 0.540. The molecule has 0 aliphatic heterocycles. The van der Waals surface area contributed by atoms with E-state index in [2.05, 4.69) is 0 Å². The normalized spacial score (nSPS) is 9.77. The smallest absolute Gasteiger partial charge is 0.310 e. The number of halogens is 1. The van der Waals surface area contributed by atoms with Crippen molar-refractivity contribution in [1.29, 1.82) is 0 Å². The Balaban J connectivity index is 2.89. The zero-order valence-electron chi connectivity index (χ0n) is 7.63.